The van der Waals surface area contributed by atoms with Crippen molar-refractivity contribution in [2.24, 2.45) is 11.7 Å². The molecule has 2 aromatic carbocycles. The summed E-state index contributed by atoms with van der Waals surface area (Å²) in [5.74, 6) is 1.29. The van der Waals surface area contributed by atoms with Gasteiger partial charge in [0.15, 0.2) is 0 Å². The molecule has 3 rings (SSSR count). The smallest absolute Gasteiger partial charge is 0.0923 e. The lowest BCUT2D eigenvalue weighted by atomic mass is 10.1. The molecule has 0 unspecified atom stereocenters. The Labute approximate surface area is 113 Å². The number of anilines is 1. The second kappa shape index (κ2) is 4.84. The molecule has 0 radical (unpaired) electrons. The summed E-state index contributed by atoms with van der Waals surface area (Å²) in [5.41, 5.74) is 6.99. The second-order valence-electron chi connectivity index (χ2n) is 5.17. The quantitative estimate of drug-likeness (QED) is 0.882. The first-order valence-electron chi connectivity index (χ1n) is 6.63. The van der Waals surface area contributed by atoms with Gasteiger partial charge in [-0.05, 0) is 29.0 Å². The summed E-state index contributed by atoms with van der Waals surface area (Å²) in [7, 11) is 2.13. The van der Waals surface area contributed by atoms with Crippen LogP contribution in [-0.4, -0.2) is 20.1 Å². The Morgan fingerprint density at radius 1 is 1.21 bits per heavy atom. The van der Waals surface area contributed by atoms with Crippen molar-refractivity contribution >= 4 is 16.5 Å². The minimum Gasteiger partial charge on any atom is -0.386 e. The van der Waals surface area contributed by atoms with Gasteiger partial charge in [-0.3, -0.25) is 0 Å². The summed E-state index contributed by atoms with van der Waals surface area (Å²) in [5, 5.41) is 5.74. The molecule has 0 amide bonds. The van der Waals surface area contributed by atoms with E-state index in [1.807, 2.05) is 0 Å². The zero-order valence-electron chi connectivity index (χ0n) is 11.1. The van der Waals surface area contributed by atoms with Gasteiger partial charge in [-0.25, -0.2) is 0 Å². The van der Waals surface area contributed by atoms with E-state index < -0.39 is 0 Å². The molecule has 3 N–H and O–H groups in total. The van der Waals surface area contributed by atoms with Crippen molar-refractivity contribution in [2.75, 3.05) is 25.0 Å². The van der Waals surface area contributed by atoms with Crippen LogP contribution in [0.5, 0.6) is 0 Å². The topological polar surface area (TPSA) is 41.3 Å². The van der Waals surface area contributed by atoms with Crippen LogP contribution in [-0.2, 0) is 0 Å². The number of rotatable bonds is 3. The van der Waals surface area contributed by atoms with Gasteiger partial charge < -0.3 is 16.0 Å². The zero-order valence-corrected chi connectivity index (χ0v) is 11.1. The predicted octanol–water partition coefficient (Wildman–Crippen LogP) is 2.30. The lowest BCUT2D eigenvalue weighted by Crippen LogP contribution is -2.27. The van der Waals surface area contributed by atoms with E-state index in [2.05, 4.69) is 65.8 Å². The van der Waals surface area contributed by atoms with Crippen LogP contribution >= 0.6 is 0 Å². The third-order valence-corrected chi connectivity index (χ3v) is 3.67. The van der Waals surface area contributed by atoms with Crippen LogP contribution in [0.3, 0.4) is 0 Å². The summed E-state index contributed by atoms with van der Waals surface area (Å²) in [6.07, 6.45) is 2.11. The van der Waals surface area contributed by atoms with Gasteiger partial charge in [0, 0.05) is 31.7 Å². The summed E-state index contributed by atoms with van der Waals surface area (Å²) in [6, 6.07) is 15.0. The first-order chi connectivity index (χ1) is 9.22. The van der Waals surface area contributed by atoms with Crippen LogP contribution in [0.4, 0.5) is 5.69 Å². The Balaban J connectivity index is 1.79. The molecule has 1 heterocycles. The van der Waals surface area contributed by atoms with Gasteiger partial charge in [0.25, 0.3) is 0 Å². The van der Waals surface area contributed by atoms with Gasteiger partial charge in [-0.1, -0.05) is 30.3 Å². The van der Waals surface area contributed by atoms with Crippen LogP contribution in [0.2, 0.25) is 0 Å². The van der Waals surface area contributed by atoms with Crippen molar-refractivity contribution in [3.05, 3.63) is 54.4 Å². The van der Waals surface area contributed by atoms with Crippen LogP contribution in [0.15, 0.2) is 54.4 Å². The minimum absolute atomic E-state index is 0.483. The van der Waals surface area contributed by atoms with Crippen molar-refractivity contribution in [3.8, 4) is 0 Å². The predicted molar refractivity (Wildman–Crippen MR) is 81.0 cm³/mol. The summed E-state index contributed by atoms with van der Waals surface area (Å²) >= 11 is 0. The number of hydrogen-bond donors (Lipinski definition) is 2. The van der Waals surface area contributed by atoms with Gasteiger partial charge in [0.2, 0.25) is 0 Å². The zero-order chi connectivity index (χ0) is 13.2. The number of benzene rings is 2. The van der Waals surface area contributed by atoms with Crippen molar-refractivity contribution in [1.82, 2.24) is 5.32 Å². The molecule has 0 saturated carbocycles. The second-order valence-corrected chi connectivity index (χ2v) is 5.17. The number of nitrogens with one attached hydrogen (secondary N) is 1. The fourth-order valence-electron chi connectivity index (χ4n) is 2.61. The first-order valence-corrected chi connectivity index (χ1v) is 6.63. The average molecular weight is 253 g/mol. The van der Waals surface area contributed by atoms with E-state index >= 15 is 0 Å². The normalized spacial score (nSPS) is 18.2. The summed E-state index contributed by atoms with van der Waals surface area (Å²) < 4.78 is 0. The highest BCUT2D eigenvalue weighted by atomic mass is 15.1. The third-order valence-electron chi connectivity index (χ3n) is 3.67. The van der Waals surface area contributed by atoms with Crippen LogP contribution in [0.1, 0.15) is 0 Å². The molecular formula is C16H19N3. The van der Waals surface area contributed by atoms with Crippen LogP contribution < -0.4 is 16.0 Å². The van der Waals surface area contributed by atoms with E-state index in [0.29, 0.717) is 5.92 Å². The molecular weight excluding hydrogens is 234 g/mol. The highest BCUT2D eigenvalue weighted by Gasteiger charge is 2.15. The lowest BCUT2D eigenvalue weighted by molar-refractivity contribution is 0.641. The molecule has 1 atom stereocenters. The molecule has 0 fully saturated rings. The number of nitrogens with two attached hydrogens (primary N) is 1. The van der Waals surface area contributed by atoms with Gasteiger partial charge in [0.1, 0.15) is 0 Å². The lowest BCUT2D eigenvalue weighted by Gasteiger charge is -2.22. The Kier molecular flexibility index (Phi) is 3.03. The number of fused-ring (bicyclic) bond motifs is 1. The highest BCUT2D eigenvalue weighted by molar-refractivity contribution is 5.85. The molecule has 3 nitrogen and oxygen atoms in total. The van der Waals surface area contributed by atoms with Crippen molar-refractivity contribution in [3.63, 3.8) is 0 Å². The molecule has 1 aliphatic heterocycles. The van der Waals surface area contributed by atoms with E-state index in [1.54, 1.807) is 0 Å². The van der Waals surface area contributed by atoms with E-state index in [0.717, 1.165) is 18.9 Å². The maximum absolute atomic E-state index is 5.75. The van der Waals surface area contributed by atoms with Crippen molar-refractivity contribution in [2.45, 2.75) is 0 Å². The molecule has 2 aromatic rings. The fraction of sp³-hybridized carbons (Fsp3) is 0.250. The van der Waals surface area contributed by atoms with Gasteiger partial charge in [0.05, 0.1) is 5.82 Å². The van der Waals surface area contributed by atoms with E-state index in [4.69, 9.17) is 5.73 Å². The van der Waals surface area contributed by atoms with E-state index in [9.17, 15) is 0 Å². The van der Waals surface area contributed by atoms with E-state index in [-0.39, 0.29) is 0 Å². The van der Waals surface area contributed by atoms with Crippen molar-refractivity contribution < 1.29 is 0 Å². The Morgan fingerprint density at radius 3 is 2.74 bits per heavy atom. The molecule has 19 heavy (non-hydrogen) atoms. The maximum atomic E-state index is 5.75. The van der Waals surface area contributed by atoms with Gasteiger partial charge in [-0.2, -0.15) is 0 Å². The largest absolute Gasteiger partial charge is 0.386 e. The molecule has 0 aromatic heterocycles. The molecule has 1 aliphatic rings. The van der Waals surface area contributed by atoms with Crippen LogP contribution in [0.25, 0.3) is 10.8 Å². The maximum Gasteiger partial charge on any atom is 0.0923 e. The van der Waals surface area contributed by atoms with Gasteiger partial charge in [-0.15, -0.1) is 0 Å². The molecule has 0 saturated heterocycles. The van der Waals surface area contributed by atoms with Crippen LogP contribution in [0, 0.1) is 5.92 Å². The molecule has 3 heteroatoms. The first kappa shape index (κ1) is 11.9. The highest BCUT2D eigenvalue weighted by Crippen LogP contribution is 2.22. The standard InChI is InChI=1S/C16H19N3/c1-19(11-12-8-16(17)18-10-12)15-7-6-13-4-2-3-5-14(13)9-15/h2-9,12,18H,10-11,17H2,1H3/t12-/m1/s1. The Morgan fingerprint density at radius 2 is 2.00 bits per heavy atom. The monoisotopic (exact) mass is 253 g/mol. The number of nitrogens with zero attached hydrogens (tertiary/aromatic N) is 1. The summed E-state index contributed by atoms with van der Waals surface area (Å²) in [6.45, 7) is 1.91. The fourth-order valence-corrected chi connectivity index (χ4v) is 2.61. The Bertz CT molecular complexity index is 618. The third kappa shape index (κ3) is 2.50. The number of hydrogen-bond acceptors (Lipinski definition) is 3. The molecule has 98 valence electrons. The molecule has 0 bridgehead atoms. The van der Waals surface area contributed by atoms with Gasteiger partial charge >= 0.3 is 0 Å². The average Bonchev–Trinajstić information content (AvgIpc) is 2.83. The minimum atomic E-state index is 0.483. The molecule has 0 spiro atoms. The van der Waals surface area contributed by atoms with E-state index in [1.165, 1.54) is 16.5 Å². The summed E-state index contributed by atoms with van der Waals surface area (Å²) in [4.78, 5) is 2.29. The SMILES string of the molecule is CN(C[C@@H]1C=C(N)NC1)c1ccc2ccccc2c1. The van der Waals surface area contributed by atoms with Crippen molar-refractivity contribution in [1.29, 1.82) is 0 Å². The molecule has 0 aliphatic carbocycles. The Hall–Kier alpha value is -2.16.